The van der Waals surface area contributed by atoms with Gasteiger partial charge in [0.25, 0.3) is 0 Å². The third-order valence-electron chi connectivity index (χ3n) is 3.48. The summed E-state index contributed by atoms with van der Waals surface area (Å²) in [5.74, 6) is 0. The van der Waals surface area contributed by atoms with Crippen molar-refractivity contribution < 1.29 is 0 Å². The van der Waals surface area contributed by atoms with Crippen LogP contribution in [0.1, 0.15) is 24.5 Å². The Morgan fingerprint density at radius 1 is 1.06 bits per heavy atom. The van der Waals surface area contributed by atoms with Gasteiger partial charge < -0.3 is 11.1 Å². The van der Waals surface area contributed by atoms with E-state index in [0.29, 0.717) is 0 Å². The second-order valence-electron chi connectivity index (χ2n) is 4.89. The molecule has 3 N–H and O–H groups in total. The van der Waals surface area contributed by atoms with Crippen molar-refractivity contribution in [1.29, 1.82) is 0 Å². The molecular formula is C16H18N2. The predicted molar refractivity (Wildman–Crippen MR) is 77.9 cm³/mol. The Morgan fingerprint density at radius 2 is 1.78 bits per heavy atom. The molecular weight excluding hydrogens is 220 g/mol. The van der Waals surface area contributed by atoms with Gasteiger partial charge in [0.05, 0.1) is 0 Å². The minimum absolute atomic E-state index is 0.853. The van der Waals surface area contributed by atoms with Crippen LogP contribution >= 0.6 is 0 Å². The molecule has 0 saturated heterocycles. The third kappa shape index (κ3) is 1.84. The van der Waals surface area contributed by atoms with Crippen LogP contribution in [0.3, 0.4) is 0 Å². The van der Waals surface area contributed by atoms with Crippen LogP contribution in [-0.2, 0) is 6.42 Å². The number of hydrogen-bond donors (Lipinski definition) is 2. The van der Waals surface area contributed by atoms with Gasteiger partial charge in [0, 0.05) is 17.9 Å². The lowest BCUT2D eigenvalue weighted by molar-refractivity contribution is 0.979. The number of benzene rings is 2. The van der Waals surface area contributed by atoms with Crippen molar-refractivity contribution >= 4 is 11.4 Å². The van der Waals surface area contributed by atoms with Crippen LogP contribution in [0.4, 0.5) is 11.4 Å². The number of nitrogens with one attached hydrogen (secondary N) is 1. The van der Waals surface area contributed by atoms with Crippen LogP contribution in [0.15, 0.2) is 36.4 Å². The molecule has 2 aromatic carbocycles. The fraction of sp³-hybridized carbons (Fsp3) is 0.250. The fourth-order valence-corrected chi connectivity index (χ4v) is 2.61. The van der Waals surface area contributed by atoms with Gasteiger partial charge in [0.15, 0.2) is 0 Å². The molecule has 2 aromatic rings. The lowest BCUT2D eigenvalue weighted by Crippen LogP contribution is -1.99. The van der Waals surface area contributed by atoms with Crippen LogP contribution in [-0.4, -0.2) is 6.54 Å². The number of rotatable bonds is 3. The minimum Gasteiger partial charge on any atom is -0.399 e. The van der Waals surface area contributed by atoms with E-state index >= 15 is 0 Å². The van der Waals surface area contributed by atoms with Crippen molar-refractivity contribution in [2.24, 2.45) is 0 Å². The number of fused-ring (bicyclic) bond motifs is 3. The highest BCUT2D eigenvalue weighted by Crippen LogP contribution is 2.38. The van der Waals surface area contributed by atoms with Crippen LogP contribution in [0.5, 0.6) is 0 Å². The van der Waals surface area contributed by atoms with E-state index in [2.05, 4.69) is 42.6 Å². The summed E-state index contributed by atoms with van der Waals surface area (Å²) in [5.41, 5.74) is 13.4. The van der Waals surface area contributed by atoms with E-state index in [9.17, 15) is 0 Å². The Kier molecular flexibility index (Phi) is 2.71. The number of anilines is 2. The van der Waals surface area contributed by atoms with E-state index in [-0.39, 0.29) is 0 Å². The second kappa shape index (κ2) is 4.37. The van der Waals surface area contributed by atoms with Crippen molar-refractivity contribution in [1.82, 2.24) is 0 Å². The third-order valence-corrected chi connectivity index (χ3v) is 3.48. The standard InChI is InChI=1S/C16H18N2/c1-2-7-18-14-4-6-16-12(10-14)8-11-9-13(17)3-5-15(11)16/h3-6,9-10,18H,2,7-8,17H2,1H3. The molecule has 0 saturated carbocycles. The molecule has 3 rings (SSSR count). The molecule has 1 aliphatic rings. The second-order valence-corrected chi connectivity index (χ2v) is 4.89. The predicted octanol–water partition coefficient (Wildman–Crippen LogP) is 3.66. The molecule has 92 valence electrons. The summed E-state index contributed by atoms with van der Waals surface area (Å²) in [6, 6.07) is 12.9. The lowest BCUT2D eigenvalue weighted by atomic mass is 10.1. The molecule has 0 radical (unpaired) electrons. The van der Waals surface area contributed by atoms with Gasteiger partial charge in [-0.25, -0.2) is 0 Å². The zero-order valence-electron chi connectivity index (χ0n) is 10.7. The normalized spacial score (nSPS) is 12.1. The number of nitrogens with two attached hydrogens (primary N) is 1. The largest absolute Gasteiger partial charge is 0.399 e. The first-order valence-corrected chi connectivity index (χ1v) is 6.53. The van der Waals surface area contributed by atoms with E-state index in [1.807, 2.05) is 6.07 Å². The van der Waals surface area contributed by atoms with Gasteiger partial charge >= 0.3 is 0 Å². The van der Waals surface area contributed by atoms with Gasteiger partial charge in [-0.1, -0.05) is 19.1 Å². The molecule has 18 heavy (non-hydrogen) atoms. The Labute approximate surface area is 108 Å². The average Bonchev–Trinajstić information content (AvgIpc) is 2.72. The van der Waals surface area contributed by atoms with Gasteiger partial charge in [-0.05, 0) is 59.4 Å². The van der Waals surface area contributed by atoms with E-state index in [0.717, 1.165) is 25.1 Å². The van der Waals surface area contributed by atoms with Gasteiger partial charge in [-0.15, -0.1) is 0 Å². The molecule has 2 heteroatoms. The van der Waals surface area contributed by atoms with E-state index in [1.165, 1.54) is 27.9 Å². The zero-order chi connectivity index (χ0) is 12.5. The Balaban J connectivity index is 1.96. The van der Waals surface area contributed by atoms with Gasteiger partial charge in [0.2, 0.25) is 0 Å². The summed E-state index contributed by atoms with van der Waals surface area (Å²) in [6.07, 6.45) is 2.14. The zero-order valence-corrected chi connectivity index (χ0v) is 10.7. The quantitative estimate of drug-likeness (QED) is 0.683. The molecule has 0 spiro atoms. The summed E-state index contributed by atoms with van der Waals surface area (Å²) in [6.45, 7) is 3.21. The highest BCUT2D eigenvalue weighted by Gasteiger charge is 2.18. The fourth-order valence-electron chi connectivity index (χ4n) is 2.61. The van der Waals surface area contributed by atoms with E-state index < -0.39 is 0 Å². The molecule has 0 atom stereocenters. The molecule has 0 aromatic heterocycles. The van der Waals surface area contributed by atoms with E-state index in [1.54, 1.807) is 0 Å². The Morgan fingerprint density at radius 3 is 2.56 bits per heavy atom. The summed E-state index contributed by atoms with van der Waals surface area (Å²) in [5, 5.41) is 3.44. The van der Waals surface area contributed by atoms with Crippen molar-refractivity contribution in [2.75, 3.05) is 17.6 Å². The maximum Gasteiger partial charge on any atom is 0.0343 e. The van der Waals surface area contributed by atoms with Crippen LogP contribution < -0.4 is 11.1 Å². The summed E-state index contributed by atoms with van der Waals surface area (Å²) in [7, 11) is 0. The molecule has 1 aliphatic carbocycles. The molecule has 0 bridgehead atoms. The van der Waals surface area contributed by atoms with Crippen LogP contribution in [0.2, 0.25) is 0 Å². The van der Waals surface area contributed by atoms with Crippen molar-refractivity contribution in [3.63, 3.8) is 0 Å². The first-order chi connectivity index (χ1) is 8.78. The minimum atomic E-state index is 0.853. The molecule has 0 aliphatic heterocycles. The van der Waals surface area contributed by atoms with Crippen LogP contribution in [0.25, 0.3) is 11.1 Å². The summed E-state index contributed by atoms with van der Waals surface area (Å²) < 4.78 is 0. The summed E-state index contributed by atoms with van der Waals surface area (Å²) in [4.78, 5) is 0. The van der Waals surface area contributed by atoms with Crippen molar-refractivity contribution in [2.45, 2.75) is 19.8 Å². The monoisotopic (exact) mass is 238 g/mol. The number of hydrogen-bond acceptors (Lipinski definition) is 2. The highest BCUT2D eigenvalue weighted by atomic mass is 14.9. The van der Waals surface area contributed by atoms with Crippen molar-refractivity contribution in [3.8, 4) is 11.1 Å². The average molecular weight is 238 g/mol. The molecule has 2 nitrogen and oxygen atoms in total. The topological polar surface area (TPSA) is 38.0 Å². The van der Waals surface area contributed by atoms with Gasteiger partial charge in [-0.2, -0.15) is 0 Å². The molecule has 0 fully saturated rings. The van der Waals surface area contributed by atoms with Crippen LogP contribution in [0, 0.1) is 0 Å². The van der Waals surface area contributed by atoms with Crippen molar-refractivity contribution in [3.05, 3.63) is 47.5 Å². The first kappa shape index (κ1) is 11.1. The molecule has 0 amide bonds. The maximum absolute atomic E-state index is 5.85. The Bertz CT molecular complexity index is 588. The maximum atomic E-state index is 5.85. The number of nitrogen functional groups attached to an aromatic ring is 1. The Hall–Kier alpha value is -1.96. The van der Waals surface area contributed by atoms with Gasteiger partial charge in [0.1, 0.15) is 0 Å². The smallest absolute Gasteiger partial charge is 0.0343 e. The SMILES string of the molecule is CCCNc1ccc2c(c1)Cc1cc(N)ccc1-2. The molecule has 0 heterocycles. The summed E-state index contributed by atoms with van der Waals surface area (Å²) >= 11 is 0. The van der Waals surface area contributed by atoms with Gasteiger partial charge in [-0.3, -0.25) is 0 Å². The molecule has 0 unspecified atom stereocenters. The van der Waals surface area contributed by atoms with E-state index in [4.69, 9.17) is 5.73 Å². The lowest BCUT2D eigenvalue weighted by Gasteiger charge is -2.07. The first-order valence-electron chi connectivity index (χ1n) is 6.53. The highest BCUT2D eigenvalue weighted by molar-refractivity contribution is 5.80.